The third-order valence-electron chi connectivity index (χ3n) is 4.45. The van der Waals surface area contributed by atoms with Crippen molar-refractivity contribution in [2.24, 2.45) is 0 Å². The molecule has 4 rings (SSSR count). The van der Waals surface area contributed by atoms with Crippen LogP contribution in [0.1, 0.15) is 27.3 Å². The number of benzene rings is 2. The van der Waals surface area contributed by atoms with Gasteiger partial charge < -0.3 is 15.0 Å². The predicted molar refractivity (Wildman–Crippen MR) is 97.6 cm³/mol. The van der Waals surface area contributed by atoms with Gasteiger partial charge in [-0.3, -0.25) is 4.79 Å². The second-order valence-electron chi connectivity index (χ2n) is 6.30. The number of anilines is 1. The van der Waals surface area contributed by atoms with E-state index >= 15 is 0 Å². The summed E-state index contributed by atoms with van der Waals surface area (Å²) in [6, 6.07) is 13.1. The molecule has 1 aliphatic rings. The van der Waals surface area contributed by atoms with Gasteiger partial charge in [0.05, 0.1) is 18.0 Å². The molecule has 0 fully saturated rings. The smallest absolute Gasteiger partial charge is 0.423 e. The van der Waals surface area contributed by atoms with Crippen molar-refractivity contribution >= 4 is 24.2 Å². The molecule has 2 N–H and O–H groups in total. The summed E-state index contributed by atoms with van der Waals surface area (Å²) >= 11 is 0. The summed E-state index contributed by atoms with van der Waals surface area (Å²) in [5.41, 5.74) is 5.05. The second-order valence-corrected chi connectivity index (χ2v) is 6.30. The first-order chi connectivity index (χ1) is 12.5. The van der Waals surface area contributed by atoms with Crippen LogP contribution in [0, 0.1) is 13.8 Å². The zero-order valence-electron chi connectivity index (χ0n) is 14.4. The van der Waals surface area contributed by atoms with Crippen molar-refractivity contribution in [3.8, 4) is 5.69 Å². The summed E-state index contributed by atoms with van der Waals surface area (Å²) in [7, 11) is -0.953. The minimum absolute atomic E-state index is 0.253. The zero-order chi connectivity index (χ0) is 18.3. The fourth-order valence-electron chi connectivity index (χ4n) is 2.95. The highest BCUT2D eigenvalue weighted by Crippen LogP contribution is 2.17. The van der Waals surface area contributed by atoms with Crippen molar-refractivity contribution in [3.63, 3.8) is 0 Å². The molecule has 0 spiro atoms. The van der Waals surface area contributed by atoms with Crippen LogP contribution in [-0.4, -0.2) is 33.0 Å². The Bertz CT molecular complexity index is 985. The van der Waals surface area contributed by atoms with E-state index in [9.17, 15) is 9.82 Å². The highest BCUT2D eigenvalue weighted by molar-refractivity contribution is 6.61. The first-order valence-electron chi connectivity index (χ1n) is 8.26. The van der Waals surface area contributed by atoms with Gasteiger partial charge in [-0.1, -0.05) is 29.0 Å². The molecule has 1 amide bonds. The van der Waals surface area contributed by atoms with Gasteiger partial charge >= 0.3 is 7.12 Å². The predicted octanol–water partition coefficient (Wildman–Crippen LogP) is 1.35. The third kappa shape index (κ3) is 2.89. The lowest BCUT2D eigenvalue weighted by atomic mass is 9.79. The van der Waals surface area contributed by atoms with E-state index < -0.39 is 7.12 Å². The van der Waals surface area contributed by atoms with Crippen molar-refractivity contribution < 1.29 is 14.5 Å². The van der Waals surface area contributed by atoms with Gasteiger partial charge in [-0.2, -0.15) is 0 Å². The number of nitrogens with one attached hydrogen (secondary N) is 1. The molecular formula is C18H17BN4O3. The van der Waals surface area contributed by atoms with Gasteiger partial charge in [0.1, 0.15) is 0 Å². The Morgan fingerprint density at radius 1 is 1.23 bits per heavy atom. The largest absolute Gasteiger partial charge is 0.491 e. The van der Waals surface area contributed by atoms with Crippen molar-refractivity contribution in [2.45, 2.75) is 20.5 Å². The fraction of sp³-hybridized carbons (Fsp3) is 0.167. The molecule has 0 atom stereocenters. The van der Waals surface area contributed by atoms with Crippen molar-refractivity contribution in [1.82, 2.24) is 15.0 Å². The Hall–Kier alpha value is -2.97. The number of carbonyl (C=O) groups excluding carboxylic acids is 1. The second kappa shape index (κ2) is 6.40. The minimum atomic E-state index is -0.953. The van der Waals surface area contributed by atoms with E-state index in [1.165, 1.54) is 0 Å². The van der Waals surface area contributed by atoms with Gasteiger partial charge in [-0.25, -0.2) is 4.68 Å². The number of hydrogen-bond acceptors (Lipinski definition) is 5. The standard InChI is InChI=1S/C18H17BN4O3/c1-11-3-7-15(8-4-11)23-12(2)17(21-22-23)18(24)20-14-6-5-13-10-26-19(25)16(13)9-14/h3-9,25H,10H2,1-2H3,(H,20,24). The Balaban J connectivity index is 1.58. The molecule has 7 nitrogen and oxygen atoms in total. The van der Waals surface area contributed by atoms with Crippen LogP contribution in [0.4, 0.5) is 5.69 Å². The van der Waals surface area contributed by atoms with E-state index in [0.717, 1.165) is 16.8 Å². The van der Waals surface area contributed by atoms with E-state index in [1.807, 2.05) is 37.3 Å². The zero-order valence-corrected chi connectivity index (χ0v) is 14.4. The van der Waals surface area contributed by atoms with Crippen LogP contribution in [-0.2, 0) is 11.3 Å². The molecule has 1 aromatic heterocycles. The Kier molecular flexibility index (Phi) is 4.06. The quantitative estimate of drug-likeness (QED) is 0.698. The lowest BCUT2D eigenvalue weighted by Gasteiger charge is -2.07. The SMILES string of the molecule is Cc1ccc(-n2nnc(C(=O)Nc3ccc4c(c3)B(O)OC4)c2C)cc1. The van der Waals surface area contributed by atoms with E-state index in [-0.39, 0.29) is 11.6 Å². The van der Waals surface area contributed by atoms with Crippen LogP contribution in [0.25, 0.3) is 5.69 Å². The van der Waals surface area contributed by atoms with Crippen LogP contribution in [0.3, 0.4) is 0 Å². The average Bonchev–Trinajstić information content (AvgIpc) is 3.19. The van der Waals surface area contributed by atoms with Gasteiger partial charge in [0.25, 0.3) is 5.91 Å². The third-order valence-corrected chi connectivity index (χ3v) is 4.45. The van der Waals surface area contributed by atoms with Gasteiger partial charge in [-0.05, 0) is 49.1 Å². The number of carbonyl (C=O) groups is 1. The molecular weight excluding hydrogens is 331 g/mol. The summed E-state index contributed by atoms with van der Waals surface area (Å²) < 4.78 is 6.80. The van der Waals surface area contributed by atoms with E-state index in [2.05, 4.69) is 15.6 Å². The Morgan fingerprint density at radius 3 is 2.77 bits per heavy atom. The lowest BCUT2D eigenvalue weighted by Crippen LogP contribution is -2.28. The maximum Gasteiger partial charge on any atom is 0.491 e. The van der Waals surface area contributed by atoms with E-state index in [4.69, 9.17) is 4.65 Å². The minimum Gasteiger partial charge on any atom is -0.423 e. The molecule has 3 aromatic rings. The van der Waals surface area contributed by atoms with Crippen molar-refractivity contribution in [2.75, 3.05) is 5.32 Å². The van der Waals surface area contributed by atoms with E-state index in [1.54, 1.807) is 23.7 Å². The van der Waals surface area contributed by atoms with Crippen LogP contribution in [0.5, 0.6) is 0 Å². The molecule has 0 aliphatic carbocycles. The maximum absolute atomic E-state index is 12.6. The van der Waals surface area contributed by atoms with E-state index in [0.29, 0.717) is 23.5 Å². The fourth-order valence-corrected chi connectivity index (χ4v) is 2.95. The first-order valence-corrected chi connectivity index (χ1v) is 8.26. The topological polar surface area (TPSA) is 89.3 Å². The first kappa shape index (κ1) is 16.5. The lowest BCUT2D eigenvalue weighted by molar-refractivity contribution is 0.102. The summed E-state index contributed by atoms with van der Waals surface area (Å²) in [6.07, 6.45) is 0. The summed E-state index contributed by atoms with van der Waals surface area (Å²) in [4.78, 5) is 12.6. The molecule has 8 heteroatoms. The van der Waals surface area contributed by atoms with Gasteiger partial charge in [-0.15, -0.1) is 5.10 Å². The molecule has 0 saturated carbocycles. The molecule has 2 heterocycles. The van der Waals surface area contributed by atoms with Crippen LogP contribution >= 0.6 is 0 Å². The molecule has 2 aromatic carbocycles. The number of hydrogen-bond donors (Lipinski definition) is 2. The highest BCUT2D eigenvalue weighted by Gasteiger charge is 2.27. The molecule has 1 aliphatic heterocycles. The molecule has 0 saturated heterocycles. The van der Waals surface area contributed by atoms with Crippen LogP contribution in [0.15, 0.2) is 42.5 Å². The van der Waals surface area contributed by atoms with Crippen molar-refractivity contribution in [3.05, 3.63) is 65.0 Å². The van der Waals surface area contributed by atoms with Crippen LogP contribution in [0.2, 0.25) is 0 Å². The number of fused-ring (bicyclic) bond motifs is 1. The monoisotopic (exact) mass is 348 g/mol. The number of aryl methyl sites for hydroxylation is 1. The summed E-state index contributed by atoms with van der Waals surface area (Å²) in [5, 5.41) is 20.7. The van der Waals surface area contributed by atoms with Crippen LogP contribution < -0.4 is 10.8 Å². The Labute approximate surface area is 150 Å². The summed E-state index contributed by atoms with van der Waals surface area (Å²) in [5.74, 6) is -0.353. The maximum atomic E-state index is 12.6. The molecule has 0 bridgehead atoms. The Morgan fingerprint density at radius 2 is 2.00 bits per heavy atom. The molecule has 26 heavy (non-hydrogen) atoms. The normalized spacial score (nSPS) is 13.0. The number of aromatic nitrogens is 3. The highest BCUT2D eigenvalue weighted by atomic mass is 16.5. The summed E-state index contributed by atoms with van der Waals surface area (Å²) in [6.45, 7) is 4.18. The number of rotatable bonds is 3. The molecule has 0 unspecified atom stereocenters. The molecule has 0 radical (unpaired) electrons. The van der Waals surface area contributed by atoms with Gasteiger partial charge in [0, 0.05) is 5.69 Å². The molecule has 130 valence electrons. The van der Waals surface area contributed by atoms with Crippen molar-refractivity contribution in [1.29, 1.82) is 0 Å². The van der Waals surface area contributed by atoms with Gasteiger partial charge in [0.15, 0.2) is 5.69 Å². The van der Waals surface area contributed by atoms with Gasteiger partial charge in [0.2, 0.25) is 0 Å². The number of nitrogens with zero attached hydrogens (tertiary/aromatic N) is 3. The number of amides is 1. The average molecular weight is 348 g/mol.